The van der Waals surface area contributed by atoms with Gasteiger partial charge in [-0.15, -0.1) is 0 Å². The largest absolute Gasteiger partial charge is 0.357 e. The van der Waals surface area contributed by atoms with Gasteiger partial charge in [-0.25, -0.2) is 0 Å². The molecule has 0 saturated heterocycles. The van der Waals surface area contributed by atoms with Crippen molar-refractivity contribution in [3.8, 4) is 0 Å². The summed E-state index contributed by atoms with van der Waals surface area (Å²) in [5, 5.41) is 3.77. The highest BCUT2D eigenvalue weighted by atomic mass is 16.3. The van der Waals surface area contributed by atoms with Crippen LogP contribution in [0.3, 0.4) is 0 Å². The third kappa shape index (κ3) is 3.37. The fourth-order valence-corrected chi connectivity index (χ4v) is 10.9. The zero-order chi connectivity index (χ0) is 34.7. The van der Waals surface area contributed by atoms with Crippen LogP contribution in [0.4, 0.5) is 0 Å². The number of Topliss-reactive ketones (excluding diaryl/α,β-unsaturated/α-hetero) is 4. The van der Waals surface area contributed by atoms with Crippen molar-refractivity contribution in [3.05, 3.63) is 161 Å². The number of carbonyl (C=O) groups excluding carboxylic acids is 4. The van der Waals surface area contributed by atoms with Crippen molar-refractivity contribution >= 4 is 53.0 Å². The Balaban J connectivity index is 0.992. The first-order valence-corrected chi connectivity index (χ1v) is 18.1. The minimum absolute atomic E-state index is 0.000945. The fraction of sp³-hybridized carbons (Fsp3) is 0.200. The highest BCUT2D eigenvalue weighted by molar-refractivity contribution is 6.19. The Morgan fingerprint density at radius 3 is 2.46 bits per heavy atom. The first-order valence-electron chi connectivity index (χ1n) is 18.1. The van der Waals surface area contributed by atoms with Gasteiger partial charge >= 0.3 is 0 Å². The van der Waals surface area contributed by atoms with Crippen molar-refractivity contribution in [1.82, 2.24) is 4.98 Å². The number of nitrogens with zero attached hydrogens (tertiary/aromatic N) is 1. The molecule has 12 rings (SSSR count). The number of aromatic nitrogens is 1. The van der Waals surface area contributed by atoms with Gasteiger partial charge in [0.25, 0.3) is 6.04 Å². The van der Waals surface area contributed by atoms with Crippen LogP contribution in [0.1, 0.15) is 23.6 Å². The van der Waals surface area contributed by atoms with Crippen LogP contribution in [0.5, 0.6) is 0 Å². The van der Waals surface area contributed by atoms with E-state index in [1.807, 2.05) is 91.1 Å². The Morgan fingerprint density at radius 1 is 0.769 bits per heavy atom. The van der Waals surface area contributed by atoms with Crippen LogP contribution in [0, 0.1) is 40.4 Å². The molecule has 0 radical (unpaired) electrons. The van der Waals surface area contributed by atoms with E-state index >= 15 is 0 Å². The van der Waals surface area contributed by atoms with Gasteiger partial charge in [0.15, 0.2) is 17.3 Å². The lowest BCUT2D eigenvalue weighted by Gasteiger charge is -2.47. The molecule has 0 spiro atoms. The predicted octanol–water partition coefficient (Wildman–Crippen LogP) is 2.95. The predicted molar refractivity (Wildman–Crippen MR) is 193 cm³/mol. The average molecular weight is 678 g/mol. The summed E-state index contributed by atoms with van der Waals surface area (Å²) < 4.78 is 0.963. The van der Waals surface area contributed by atoms with Crippen LogP contribution >= 0.6 is 0 Å². The number of nitrogens with one attached hydrogen (secondary N) is 1. The van der Waals surface area contributed by atoms with Gasteiger partial charge in [0.1, 0.15) is 5.78 Å². The van der Waals surface area contributed by atoms with Gasteiger partial charge in [0.05, 0.1) is 23.6 Å². The zero-order valence-corrected chi connectivity index (χ0v) is 27.7. The van der Waals surface area contributed by atoms with Crippen LogP contribution in [-0.2, 0) is 19.2 Å². The minimum Gasteiger partial charge on any atom is -0.357 e. The standard InChI is InChI=1S/C45H28N2O5/c48-35-18-32-25-10-9-22-17-33-28(45(51)37(22)42(25)46-41(32)31-16-21-6-2-1-5-20(21)15-30(31)35)13-12-26-24-11-14-29-40-38(24)34(47(52)43(26)33)19-36(49)39(40)23-7-3-4-8-27(23)44(29)50/h1-18,22-23,27,30,37,39-40,43H,19H2/p+1. The van der Waals surface area contributed by atoms with Gasteiger partial charge in [-0.2, -0.15) is 0 Å². The molecule has 7 heteroatoms. The smallest absolute Gasteiger partial charge is 0.259 e. The van der Waals surface area contributed by atoms with Crippen LogP contribution in [0.15, 0.2) is 124 Å². The number of allylic oxidation sites excluding steroid dienone is 13. The Hall–Kier alpha value is -6.08. The highest BCUT2D eigenvalue weighted by Crippen LogP contribution is 2.58. The van der Waals surface area contributed by atoms with Gasteiger partial charge in [0.2, 0.25) is 5.70 Å². The number of H-pyrrole nitrogens is 1. The summed E-state index contributed by atoms with van der Waals surface area (Å²) in [6.45, 7) is 0. The summed E-state index contributed by atoms with van der Waals surface area (Å²) in [5.74, 6) is -2.74. The molecule has 1 aromatic carbocycles. The van der Waals surface area contributed by atoms with E-state index in [1.54, 1.807) is 6.08 Å². The van der Waals surface area contributed by atoms with Gasteiger partial charge in [0, 0.05) is 83.6 Å². The molecular formula is C45H29N2O5+. The summed E-state index contributed by atoms with van der Waals surface area (Å²) in [6, 6.07) is 7.25. The lowest BCUT2D eigenvalue weighted by molar-refractivity contribution is -0.525. The van der Waals surface area contributed by atoms with Crippen LogP contribution in [-0.4, -0.2) is 38.9 Å². The zero-order valence-electron chi connectivity index (χ0n) is 27.7. The molecule has 52 heavy (non-hydrogen) atoms. The van der Waals surface area contributed by atoms with Gasteiger partial charge in [-0.1, -0.05) is 97.2 Å². The van der Waals surface area contributed by atoms with E-state index in [0.29, 0.717) is 22.4 Å². The highest BCUT2D eigenvalue weighted by Gasteiger charge is 2.61. The maximum Gasteiger partial charge on any atom is 0.259 e. The number of hydrogen-bond donors (Lipinski definition) is 1. The van der Waals surface area contributed by atoms with Crippen LogP contribution in [0.2, 0.25) is 0 Å². The number of nitroso groups, excluding NO2 is 1. The lowest BCUT2D eigenvalue weighted by atomic mass is 9.53. The second-order valence-electron chi connectivity index (χ2n) is 15.4. The fourth-order valence-electron chi connectivity index (χ4n) is 10.9. The molecule has 1 saturated carbocycles. The third-order valence-electron chi connectivity index (χ3n) is 13.2. The molecular weight excluding hydrogens is 649 g/mol. The molecule has 2 heterocycles. The minimum atomic E-state index is -0.778. The number of rotatable bonds is 0. The Morgan fingerprint density at radius 2 is 1.58 bits per heavy atom. The molecule has 1 aliphatic heterocycles. The molecule has 1 fully saturated rings. The molecule has 8 atom stereocenters. The second kappa shape index (κ2) is 9.62. The second-order valence-corrected chi connectivity index (χ2v) is 15.4. The van der Waals surface area contributed by atoms with E-state index in [2.05, 4.69) is 17.1 Å². The maximum absolute atomic E-state index is 14.7. The van der Waals surface area contributed by atoms with E-state index in [9.17, 15) is 24.1 Å². The quantitative estimate of drug-likeness (QED) is 0.433. The summed E-state index contributed by atoms with van der Waals surface area (Å²) in [4.78, 5) is 74.1. The van der Waals surface area contributed by atoms with Gasteiger partial charge < -0.3 is 4.98 Å². The summed E-state index contributed by atoms with van der Waals surface area (Å²) in [5.41, 5.74) is 7.20. The number of aromatic amines is 1. The van der Waals surface area contributed by atoms with Gasteiger partial charge in [-0.05, 0) is 33.7 Å². The molecule has 10 aliphatic rings. The molecule has 7 nitrogen and oxygen atoms in total. The number of hydrogen-bond acceptors (Lipinski definition) is 5. The summed E-state index contributed by atoms with van der Waals surface area (Å²) >= 11 is 0. The molecule has 8 unspecified atom stereocenters. The first kappa shape index (κ1) is 28.6. The molecule has 9 aliphatic carbocycles. The summed E-state index contributed by atoms with van der Waals surface area (Å²) in [7, 11) is 0. The maximum atomic E-state index is 14.7. The first-order chi connectivity index (χ1) is 25.4. The Labute approximate surface area is 296 Å². The van der Waals surface area contributed by atoms with Crippen molar-refractivity contribution < 1.29 is 23.9 Å². The van der Waals surface area contributed by atoms with E-state index < -0.39 is 23.8 Å². The van der Waals surface area contributed by atoms with Crippen molar-refractivity contribution in [2.75, 3.05) is 0 Å². The van der Waals surface area contributed by atoms with Crippen molar-refractivity contribution in [1.29, 1.82) is 0 Å². The average Bonchev–Trinajstić information content (AvgIpc) is 3.54. The van der Waals surface area contributed by atoms with Crippen molar-refractivity contribution in [2.45, 2.75) is 18.4 Å². The lowest BCUT2D eigenvalue weighted by Crippen LogP contribution is -2.52. The monoisotopic (exact) mass is 677 g/mol. The van der Waals surface area contributed by atoms with E-state index in [1.165, 1.54) is 0 Å². The van der Waals surface area contributed by atoms with Crippen molar-refractivity contribution in [2.24, 2.45) is 35.5 Å². The van der Waals surface area contributed by atoms with Crippen LogP contribution < -0.4 is 21.0 Å². The molecule has 1 N–H and O–H groups in total. The number of carbonyl (C=O) groups is 4. The number of fused-ring (bicyclic) bond motifs is 13. The van der Waals surface area contributed by atoms with Crippen molar-refractivity contribution in [3.63, 3.8) is 0 Å². The molecule has 0 amide bonds. The third-order valence-corrected chi connectivity index (χ3v) is 13.2. The Bertz CT molecular complexity index is 2860. The molecule has 2 aromatic rings. The van der Waals surface area contributed by atoms with E-state index in [4.69, 9.17) is 0 Å². The number of benzene rings is 1. The topological polar surface area (TPSA) is 104 Å². The van der Waals surface area contributed by atoms with Gasteiger partial charge in [-0.3, -0.25) is 19.2 Å². The number of ketones is 4. The van der Waals surface area contributed by atoms with E-state index in [0.717, 1.165) is 59.3 Å². The molecule has 1 aromatic heterocycles. The normalized spacial score (nSPS) is 33.4. The molecule has 0 bridgehead atoms. The summed E-state index contributed by atoms with van der Waals surface area (Å²) in [6.07, 6.45) is 27.1. The Kier molecular flexibility index (Phi) is 5.29. The van der Waals surface area contributed by atoms with E-state index in [-0.39, 0.29) is 53.2 Å². The molecule has 248 valence electrons. The van der Waals surface area contributed by atoms with Crippen LogP contribution in [0.25, 0.3) is 29.9 Å². The SMILES string of the molecule is O=C1C=c2c3c([nH]c2=C2C=c4ccccc4=CC12)C1C(=O)C2=CC=C4C5=CC=C6C(=O)C7C=CC=CC7C7C(=O)CC(=C5C67)[N+](=O)C4C2=CC1C=C3.